The second-order valence-electron chi connectivity index (χ2n) is 4.74. The average molecular weight is 318 g/mol. The lowest BCUT2D eigenvalue weighted by Crippen LogP contribution is -2.20. The minimum atomic E-state index is -0.511. The van der Waals surface area contributed by atoms with Gasteiger partial charge in [-0.05, 0) is 32.0 Å². The largest absolute Gasteiger partial charge is 0.460 e. The quantitative estimate of drug-likeness (QED) is 0.691. The van der Waals surface area contributed by atoms with E-state index in [1.165, 1.54) is 22.2 Å². The van der Waals surface area contributed by atoms with Crippen molar-refractivity contribution in [1.82, 2.24) is 9.55 Å². The molecule has 0 aromatic carbocycles. The average Bonchev–Trinajstić information content (AvgIpc) is 3.09. The molecule has 0 N–H and O–H groups in total. The van der Waals surface area contributed by atoms with Gasteiger partial charge in [-0.1, -0.05) is 0 Å². The first kappa shape index (κ1) is 14.5. The Labute approximate surface area is 130 Å². The van der Waals surface area contributed by atoms with Gasteiger partial charge in [0, 0.05) is 4.88 Å². The van der Waals surface area contributed by atoms with Crippen molar-refractivity contribution in [3.63, 3.8) is 0 Å². The number of nitrogens with zero attached hydrogens (tertiary/aromatic N) is 2. The Morgan fingerprint density at radius 3 is 3.05 bits per heavy atom. The summed E-state index contributed by atoms with van der Waals surface area (Å²) in [5, 5.41) is 0.599. The van der Waals surface area contributed by atoms with Gasteiger partial charge in [-0.2, -0.15) is 0 Å². The number of thiophene rings is 1. The first-order valence-corrected chi connectivity index (χ1v) is 7.61. The Hall–Kier alpha value is -2.41. The molecule has 0 unspecified atom stereocenters. The maximum atomic E-state index is 12.4. The molecule has 22 heavy (non-hydrogen) atoms. The van der Waals surface area contributed by atoms with Crippen LogP contribution in [0.25, 0.3) is 10.2 Å². The standard InChI is InChI=1S/C15H14N2O4S/c1-3-20-15(19)12-5-4-10(21-12)7-17-8-16-13-11(14(17)18)6-9(2)22-13/h4-6,8H,3,7H2,1-2H3. The van der Waals surface area contributed by atoms with Gasteiger partial charge in [-0.25, -0.2) is 9.78 Å². The molecule has 114 valence electrons. The van der Waals surface area contributed by atoms with Crippen LogP contribution in [-0.4, -0.2) is 22.1 Å². The van der Waals surface area contributed by atoms with Gasteiger partial charge in [0.2, 0.25) is 5.76 Å². The van der Waals surface area contributed by atoms with Gasteiger partial charge in [-0.3, -0.25) is 9.36 Å². The van der Waals surface area contributed by atoms with E-state index in [1.807, 2.05) is 13.0 Å². The Morgan fingerprint density at radius 2 is 2.27 bits per heavy atom. The Balaban J connectivity index is 1.89. The van der Waals surface area contributed by atoms with Crippen LogP contribution in [0.2, 0.25) is 0 Å². The van der Waals surface area contributed by atoms with Crippen LogP contribution in [0.5, 0.6) is 0 Å². The third-order valence-corrected chi connectivity index (χ3v) is 4.06. The van der Waals surface area contributed by atoms with Crippen LogP contribution in [0.3, 0.4) is 0 Å². The van der Waals surface area contributed by atoms with Gasteiger partial charge in [0.15, 0.2) is 0 Å². The summed E-state index contributed by atoms with van der Waals surface area (Å²) in [6, 6.07) is 5.03. The number of furan rings is 1. The van der Waals surface area contributed by atoms with Crippen LogP contribution < -0.4 is 5.56 Å². The SMILES string of the molecule is CCOC(=O)c1ccc(Cn2cnc3sc(C)cc3c2=O)o1. The number of ether oxygens (including phenoxy) is 1. The molecule has 0 aliphatic heterocycles. The summed E-state index contributed by atoms with van der Waals surface area (Å²) >= 11 is 1.49. The highest BCUT2D eigenvalue weighted by Gasteiger charge is 2.13. The van der Waals surface area contributed by atoms with Gasteiger partial charge < -0.3 is 9.15 Å². The summed E-state index contributed by atoms with van der Waals surface area (Å²) < 4.78 is 11.7. The monoisotopic (exact) mass is 318 g/mol. The van der Waals surface area contributed by atoms with Crippen molar-refractivity contribution in [2.24, 2.45) is 0 Å². The molecule has 0 bridgehead atoms. The van der Waals surface area contributed by atoms with Gasteiger partial charge in [-0.15, -0.1) is 11.3 Å². The fourth-order valence-electron chi connectivity index (χ4n) is 2.14. The molecule has 0 fully saturated rings. The zero-order valence-electron chi connectivity index (χ0n) is 12.2. The van der Waals surface area contributed by atoms with Crippen LogP contribution in [-0.2, 0) is 11.3 Å². The van der Waals surface area contributed by atoms with E-state index in [1.54, 1.807) is 19.1 Å². The molecular weight excluding hydrogens is 304 g/mol. The van der Waals surface area contributed by atoms with Crippen LogP contribution >= 0.6 is 11.3 Å². The fraction of sp³-hybridized carbons (Fsp3) is 0.267. The van der Waals surface area contributed by atoms with E-state index in [0.717, 1.165) is 9.71 Å². The highest BCUT2D eigenvalue weighted by molar-refractivity contribution is 7.18. The predicted octanol–water partition coefficient (Wildman–Crippen LogP) is 2.58. The first-order chi connectivity index (χ1) is 10.6. The van der Waals surface area contributed by atoms with Gasteiger partial charge in [0.05, 0.1) is 24.9 Å². The van der Waals surface area contributed by atoms with E-state index in [-0.39, 0.29) is 24.5 Å². The van der Waals surface area contributed by atoms with Gasteiger partial charge in [0.25, 0.3) is 5.56 Å². The number of hydrogen-bond acceptors (Lipinski definition) is 6. The Kier molecular flexibility index (Phi) is 3.81. The first-order valence-electron chi connectivity index (χ1n) is 6.80. The molecule has 0 atom stereocenters. The molecule has 3 aromatic rings. The van der Waals surface area contributed by atoms with Crippen molar-refractivity contribution in [1.29, 1.82) is 0 Å². The third kappa shape index (κ3) is 2.67. The number of aromatic nitrogens is 2. The molecule has 0 aliphatic rings. The molecule has 0 spiro atoms. The van der Waals surface area contributed by atoms with Crippen molar-refractivity contribution in [3.8, 4) is 0 Å². The Morgan fingerprint density at radius 1 is 1.45 bits per heavy atom. The van der Waals surface area contributed by atoms with Crippen molar-refractivity contribution in [2.75, 3.05) is 6.61 Å². The molecule has 3 rings (SSSR count). The van der Waals surface area contributed by atoms with Crippen LogP contribution in [0.1, 0.15) is 28.1 Å². The highest BCUT2D eigenvalue weighted by Crippen LogP contribution is 2.19. The number of hydrogen-bond donors (Lipinski definition) is 0. The topological polar surface area (TPSA) is 74.3 Å². The van der Waals surface area contributed by atoms with Crippen molar-refractivity contribution >= 4 is 27.5 Å². The second kappa shape index (κ2) is 5.76. The normalized spacial score (nSPS) is 11.0. The Bertz CT molecular complexity index is 890. The lowest BCUT2D eigenvalue weighted by atomic mass is 10.3. The van der Waals surface area contributed by atoms with Crippen LogP contribution in [0.15, 0.2) is 33.7 Å². The molecule has 0 aliphatic carbocycles. The highest BCUT2D eigenvalue weighted by atomic mass is 32.1. The number of aryl methyl sites for hydroxylation is 1. The predicted molar refractivity (Wildman–Crippen MR) is 82.4 cm³/mol. The van der Waals surface area contributed by atoms with Gasteiger partial charge >= 0.3 is 5.97 Å². The molecule has 0 radical (unpaired) electrons. The zero-order chi connectivity index (χ0) is 15.7. The summed E-state index contributed by atoms with van der Waals surface area (Å²) in [4.78, 5) is 30.0. The number of carbonyl (C=O) groups excluding carboxylic acids is 1. The molecule has 3 heterocycles. The minimum absolute atomic E-state index is 0.122. The van der Waals surface area contributed by atoms with Crippen molar-refractivity contribution in [3.05, 3.63) is 51.3 Å². The summed E-state index contributed by atoms with van der Waals surface area (Å²) in [6.07, 6.45) is 1.49. The van der Waals surface area contributed by atoms with E-state index < -0.39 is 5.97 Å². The summed E-state index contributed by atoms with van der Waals surface area (Å²) in [7, 11) is 0. The zero-order valence-corrected chi connectivity index (χ0v) is 13.0. The van der Waals surface area contributed by atoms with E-state index in [0.29, 0.717) is 11.1 Å². The summed E-state index contributed by atoms with van der Waals surface area (Å²) in [6.45, 7) is 4.17. The van der Waals surface area contributed by atoms with E-state index in [9.17, 15) is 9.59 Å². The molecule has 7 heteroatoms. The third-order valence-electron chi connectivity index (χ3n) is 3.11. The maximum Gasteiger partial charge on any atom is 0.374 e. The van der Waals surface area contributed by atoms with Crippen LogP contribution in [0.4, 0.5) is 0 Å². The van der Waals surface area contributed by atoms with E-state index in [4.69, 9.17) is 9.15 Å². The van der Waals surface area contributed by atoms with Gasteiger partial charge in [0.1, 0.15) is 10.6 Å². The summed E-state index contributed by atoms with van der Waals surface area (Å²) in [5.41, 5.74) is -0.122. The van der Waals surface area contributed by atoms with E-state index >= 15 is 0 Å². The maximum absolute atomic E-state index is 12.4. The van der Waals surface area contributed by atoms with E-state index in [2.05, 4.69) is 4.98 Å². The van der Waals surface area contributed by atoms with Crippen molar-refractivity contribution in [2.45, 2.75) is 20.4 Å². The molecule has 0 saturated heterocycles. The smallest absolute Gasteiger partial charge is 0.374 e. The molecule has 3 aromatic heterocycles. The number of esters is 1. The number of rotatable bonds is 4. The fourth-order valence-corrected chi connectivity index (χ4v) is 2.97. The molecular formula is C15H14N2O4S. The lowest BCUT2D eigenvalue weighted by Gasteiger charge is -2.02. The number of carbonyl (C=O) groups is 1. The number of fused-ring (bicyclic) bond motifs is 1. The summed E-state index contributed by atoms with van der Waals surface area (Å²) in [5.74, 6) is 0.117. The second-order valence-corrected chi connectivity index (χ2v) is 5.97. The molecule has 6 nitrogen and oxygen atoms in total. The minimum Gasteiger partial charge on any atom is -0.460 e. The van der Waals surface area contributed by atoms with Crippen molar-refractivity contribution < 1.29 is 13.9 Å². The lowest BCUT2D eigenvalue weighted by molar-refractivity contribution is 0.0488. The molecule has 0 saturated carbocycles. The van der Waals surface area contributed by atoms with Crippen LogP contribution in [0, 0.1) is 6.92 Å². The molecule has 0 amide bonds.